The average molecular weight is 272 g/mol. The summed E-state index contributed by atoms with van der Waals surface area (Å²) in [7, 11) is 0. The van der Waals surface area contributed by atoms with Crippen molar-refractivity contribution in [3.63, 3.8) is 0 Å². The highest BCUT2D eigenvalue weighted by molar-refractivity contribution is 5.76. The number of hydrogen-bond donors (Lipinski definition) is 0. The van der Waals surface area contributed by atoms with Crippen molar-refractivity contribution < 1.29 is 4.79 Å². The van der Waals surface area contributed by atoms with Crippen molar-refractivity contribution in [2.45, 2.75) is 38.6 Å². The van der Waals surface area contributed by atoms with E-state index in [0.29, 0.717) is 12.3 Å². The number of carbonyl (C=O) groups excluding carboxylic acids is 1. The summed E-state index contributed by atoms with van der Waals surface area (Å²) in [6.07, 6.45) is 5.45. The van der Waals surface area contributed by atoms with Crippen LogP contribution in [0.1, 0.15) is 36.8 Å². The molecule has 2 aliphatic heterocycles. The number of rotatable bonds is 3. The van der Waals surface area contributed by atoms with Gasteiger partial charge in [-0.3, -0.25) is 9.69 Å². The third-order valence-electron chi connectivity index (χ3n) is 4.56. The van der Waals surface area contributed by atoms with E-state index >= 15 is 0 Å². The van der Waals surface area contributed by atoms with Gasteiger partial charge in [0.15, 0.2) is 0 Å². The van der Waals surface area contributed by atoms with E-state index in [-0.39, 0.29) is 0 Å². The molecular formula is C17H24N2O. The fraction of sp³-hybridized carbons (Fsp3) is 0.588. The number of carbonyl (C=O) groups is 1. The van der Waals surface area contributed by atoms with Crippen LogP contribution in [0.2, 0.25) is 0 Å². The molecule has 108 valence electrons. The summed E-state index contributed by atoms with van der Waals surface area (Å²) in [5, 5.41) is 0. The van der Waals surface area contributed by atoms with E-state index in [0.717, 1.165) is 39.1 Å². The second kappa shape index (κ2) is 6.40. The summed E-state index contributed by atoms with van der Waals surface area (Å²) in [6, 6.07) is 8.68. The molecule has 0 atom stereocenters. The largest absolute Gasteiger partial charge is 0.343 e. The van der Waals surface area contributed by atoms with Crippen LogP contribution in [0.4, 0.5) is 0 Å². The summed E-state index contributed by atoms with van der Waals surface area (Å²) in [6.45, 7) is 4.95. The highest BCUT2D eigenvalue weighted by Crippen LogP contribution is 2.18. The molecule has 2 aliphatic rings. The lowest BCUT2D eigenvalue weighted by Gasteiger charge is -2.30. The van der Waals surface area contributed by atoms with Gasteiger partial charge < -0.3 is 4.90 Å². The zero-order valence-corrected chi connectivity index (χ0v) is 12.2. The predicted octanol–water partition coefficient (Wildman–Crippen LogP) is 2.45. The molecule has 0 spiro atoms. The van der Waals surface area contributed by atoms with Gasteiger partial charge in [0.25, 0.3) is 0 Å². The van der Waals surface area contributed by atoms with Crippen molar-refractivity contribution in [1.29, 1.82) is 0 Å². The fourth-order valence-corrected chi connectivity index (χ4v) is 3.30. The maximum absolute atomic E-state index is 12.2. The topological polar surface area (TPSA) is 23.6 Å². The van der Waals surface area contributed by atoms with Gasteiger partial charge in [0.2, 0.25) is 5.91 Å². The minimum absolute atomic E-state index is 0.351. The number of likely N-dealkylation sites (tertiary alicyclic amines) is 1. The van der Waals surface area contributed by atoms with Crippen LogP contribution in [-0.2, 0) is 17.8 Å². The Labute approximate surface area is 121 Å². The standard InChI is InChI=1S/C17H24N2O/c20-17(19-10-4-1-5-11-19)9-13-18-12-8-15-6-2-3-7-16(15)14-18/h2-3,6-7H,1,4-5,8-14H2. The summed E-state index contributed by atoms with van der Waals surface area (Å²) in [5.41, 5.74) is 2.91. The van der Waals surface area contributed by atoms with Gasteiger partial charge in [-0.1, -0.05) is 24.3 Å². The molecule has 1 aromatic rings. The highest BCUT2D eigenvalue weighted by Gasteiger charge is 2.19. The Balaban J connectivity index is 1.49. The quantitative estimate of drug-likeness (QED) is 0.844. The maximum Gasteiger partial charge on any atom is 0.223 e. The second-order valence-corrected chi connectivity index (χ2v) is 5.99. The van der Waals surface area contributed by atoms with Gasteiger partial charge in [-0.05, 0) is 36.8 Å². The van der Waals surface area contributed by atoms with Gasteiger partial charge >= 0.3 is 0 Å². The number of hydrogen-bond acceptors (Lipinski definition) is 2. The lowest BCUT2D eigenvalue weighted by atomic mass is 10.00. The minimum Gasteiger partial charge on any atom is -0.343 e. The Hall–Kier alpha value is -1.35. The Morgan fingerprint density at radius 1 is 1.00 bits per heavy atom. The van der Waals surface area contributed by atoms with Crippen LogP contribution < -0.4 is 0 Å². The van der Waals surface area contributed by atoms with Gasteiger partial charge in [0, 0.05) is 39.1 Å². The minimum atomic E-state index is 0.351. The Morgan fingerprint density at radius 2 is 1.75 bits per heavy atom. The Kier molecular flexibility index (Phi) is 4.36. The SMILES string of the molecule is O=C(CCN1CCc2ccccc2C1)N1CCCCC1. The van der Waals surface area contributed by atoms with Crippen molar-refractivity contribution in [2.75, 3.05) is 26.2 Å². The lowest BCUT2D eigenvalue weighted by Crippen LogP contribution is -2.39. The van der Waals surface area contributed by atoms with Crippen molar-refractivity contribution in [2.24, 2.45) is 0 Å². The molecule has 1 amide bonds. The van der Waals surface area contributed by atoms with E-state index in [2.05, 4.69) is 34.1 Å². The Bertz CT molecular complexity index is 466. The van der Waals surface area contributed by atoms with Crippen LogP contribution in [0.15, 0.2) is 24.3 Å². The maximum atomic E-state index is 12.2. The van der Waals surface area contributed by atoms with Gasteiger partial charge in [-0.2, -0.15) is 0 Å². The lowest BCUT2D eigenvalue weighted by molar-refractivity contribution is -0.132. The van der Waals surface area contributed by atoms with E-state index in [1.807, 2.05) is 0 Å². The van der Waals surface area contributed by atoms with Crippen molar-refractivity contribution in [1.82, 2.24) is 9.80 Å². The van der Waals surface area contributed by atoms with E-state index in [1.165, 1.54) is 30.4 Å². The molecule has 0 radical (unpaired) electrons. The zero-order chi connectivity index (χ0) is 13.8. The van der Waals surface area contributed by atoms with Gasteiger partial charge in [-0.25, -0.2) is 0 Å². The third kappa shape index (κ3) is 3.21. The molecule has 0 unspecified atom stereocenters. The summed E-state index contributed by atoms with van der Waals surface area (Å²) >= 11 is 0. The Morgan fingerprint density at radius 3 is 2.55 bits per heavy atom. The fourth-order valence-electron chi connectivity index (χ4n) is 3.30. The van der Waals surface area contributed by atoms with Crippen LogP contribution in [0.5, 0.6) is 0 Å². The summed E-state index contributed by atoms with van der Waals surface area (Å²) < 4.78 is 0. The van der Waals surface area contributed by atoms with Gasteiger partial charge in [0.05, 0.1) is 0 Å². The van der Waals surface area contributed by atoms with E-state index in [1.54, 1.807) is 0 Å². The van der Waals surface area contributed by atoms with Crippen molar-refractivity contribution in [3.8, 4) is 0 Å². The molecule has 0 bridgehead atoms. The molecule has 0 aromatic heterocycles. The number of amides is 1. The van der Waals surface area contributed by atoms with Crippen molar-refractivity contribution in [3.05, 3.63) is 35.4 Å². The number of nitrogens with zero attached hydrogens (tertiary/aromatic N) is 2. The monoisotopic (exact) mass is 272 g/mol. The third-order valence-corrected chi connectivity index (χ3v) is 4.56. The average Bonchev–Trinajstić information content (AvgIpc) is 2.53. The van der Waals surface area contributed by atoms with Crippen LogP contribution in [-0.4, -0.2) is 41.9 Å². The first kappa shape index (κ1) is 13.6. The number of benzene rings is 1. The van der Waals surface area contributed by atoms with Gasteiger partial charge in [0.1, 0.15) is 0 Å². The highest BCUT2D eigenvalue weighted by atomic mass is 16.2. The van der Waals surface area contributed by atoms with E-state index in [4.69, 9.17) is 0 Å². The molecule has 3 rings (SSSR count). The normalized spacial score (nSPS) is 19.7. The first-order valence-corrected chi connectivity index (χ1v) is 7.90. The van der Waals surface area contributed by atoms with Crippen LogP contribution in [0.25, 0.3) is 0 Å². The van der Waals surface area contributed by atoms with Crippen molar-refractivity contribution >= 4 is 5.91 Å². The molecule has 1 fully saturated rings. The van der Waals surface area contributed by atoms with Crippen LogP contribution in [0.3, 0.4) is 0 Å². The molecule has 3 nitrogen and oxygen atoms in total. The second-order valence-electron chi connectivity index (χ2n) is 5.99. The molecule has 0 N–H and O–H groups in total. The number of piperidine rings is 1. The molecule has 1 aromatic carbocycles. The molecule has 0 saturated carbocycles. The van der Waals surface area contributed by atoms with Crippen LogP contribution >= 0.6 is 0 Å². The van der Waals surface area contributed by atoms with E-state index in [9.17, 15) is 4.79 Å². The first-order valence-electron chi connectivity index (χ1n) is 7.90. The first-order chi connectivity index (χ1) is 9.83. The molecule has 1 saturated heterocycles. The predicted molar refractivity (Wildman–Crippen MR) is 80.5 cm³/mol. The molecule has 3 heteroatoms. The summed E-state index contributed by atoms with van der Waals surface area (Å²) in [5.74, 6) is 0.351. The zero-order valence-electron chi connectivity index (χ0n) is 12.2. The van der Waals surface area contributed by atoms with Crippen LogP contribution in [0, 0.1) is 0 Å². The molecular weight excluding hydrogens is 248 g/mol. The summed E-state index contributed by atoms with van der Waals surface area (Å²) in [4.78, 5) is 16.7. The molecule has 20 heavy (non-hydrogen) atoms. The smallest absolute Gasteiger partial charge is 0.223 e. The van der Waals surface area contributed by atoms with Gasteiger partial charge in [-0.15, -0.1) is 0 Å². The molecule has 2 heterocycles. The molecule has 0 aliphatic carbocycles. The van der Waals surface area contributed by atoms with E-state index < -0.39 is 0 Å². The number of fused-ring (bicyclic) bond motifs is 1.